The van der Waals surface area contributed by atoms with Crippen molar-refractivity contribution in [3.63, 3.8) is 0 Å². The fourth-order valence-corrected chi connectivity index (χ4v) is 2.48. The van der Waals surface area contributed by atoms with E-state index in [9.17, 15) is 23.2 Å². The van der Waals surface area contributed by atoms with Gasteiger partial charge in [-0.2, -0.15) is 0 Å². The maximum absolute atomic E-state index is 12.2. The minimum absolute atomic E-state index is 0.131. The first-order valence-electron chi connectivity index (χ1n) is 6.67. The van der Waals surface area contributed by atoms with Crippen LogP contribution in [0.25, 0.3) is 0 Å². The Morgan fingerprint density at radius 1 is 1.18 bits per heavy atom. The van der Waals surface area contributed by atoms with E-state index >= 15 is 0 Å². The summed E-state index contributed by atoms with van der Waals surface area (Å²) in [7, 11) is 0. The third-order valence-corrected chi connectivity index (χ3v) is 3.62. The molecular weight excluding hydrogens is 298 g/mol. The van der Waals surface area contributed by atoms with E-state index in [0.717, 1.165) is 0 Å². The number of nitrogens with zero attached hydrogens (tertiary/aromatic N) is 2. The molecule has 0 aliphatic carbocycles. The second-order valence-electron chi connectivity index (χ2n) is 5.17. The van der Waals surface area contributed by atoms with E-state index in [1.807, 2.05) is 0 Å². The van der Waals surface area contributed by atoms with Crippen LogP contribution in [0.15, 0.2) is 24.3 Å². The number of hydrogen-bond donors (Lipinski definition) is 0. The Bertz CT molecular complexity index is 608. The second kappa shape index (κ2) is 5.45. The van der Waals surface area contributed by atoms with E-state index < -0.39 is 36.7 Å². The van der Waals surface area contributed by atoms with Crippen molar-refractivity contribution in [2.75, 3.05) is 19.6 Å². The lowest BCUT2D eigenvalue weighted by atomic mass is 10.0. The molecule has 3 rings (SSSR count). The first-order valence-corrected chi connectivity index (χ1v) is 6.67. The number of benzene rings is 1. The van der Waals surface area contributed by atoms with Crippen LogP contribution in [0.2, 0.25) is 0 Å². The van der Waals surface area contributed by atoms with Crippen LogP contribution < -0.4 is 0 Å². The Labute approximate surface area is 124 Å². The summed E-state index contributed by atoms with van der Waals surface area (Å²) in [6.07, 6.45) is -2.46. The molecule has 0 bridgehead atoms. The summed E-state index contributed by atoms with van der Waals surface area (Å²) < 4.78 is 24.3. The molecule has 0 unspecified atom stereocenters. The van der Waals surface area contributed by atoms with E-state index in [0.29, 0.717) is 5.06 Å². The molecule has 2 aliphatic heterocycles. The predicted octanol–water partition coefficient (Wildman–Crippen LogP) is 0.938. The van der Waals surface area contributed by atoms with Crippen LogP contribution in [0.3, 0.4) is 0 Å². The van der Waals surface area contributed by atoms with Crippen LogP contribution in [0.5, 0.6) is 0 Å². The van der Waals surface area contributed by atoms with Crippen molar-refractivity contribution < 1.29 is 28.0 Å². The Balaban J connectivity index is 1.60. The van der Waals surface area contributed by atoms with Crippen molar-refractivity contribution in [3.8, 4) is 0 Å². The first kappa shape index (κ1) is 14.6. The monoisotopic (exact) mass is 310 g/mol. The minimum atomic E-state index is -2.46. The lowest BCUT2D eigenvalue weighted by Gasteiger charge is -2.37. The fraction of sp³-hybridized carbons (Fsp3) is 0.357. The molecule has 116 valence electrons. The van der Waals surface area contributed by atoms with Crippen LogP contribution in [0, 0.1) is 5.92 Å². The normalized spacial score (nSPS) is 18.6. The largest absolute Gasteiger partial charge is 0.338 e. The summed E-state index contributed by atoms with van der Waals surface area (Å²) in [4.78, 5) is 42.1. The molecule has 0 radical (unpaired) electrons. The van der Waals surface area contributed by atoms with Crippen molar-refractivity contribution in [1.82, 2.24) is 9.96 Å². The Morgan fingerprint density at radius 3 is 2.23 bits per heavy atom. The summed E-state index contributed by atoms with van der Waals surface area (Å²) in [6, 6.07) is 6.14. The smallest absolute Gasteiger partial charge is 0.329 e. The van der Waals surface area contributed by atoms with Gasteiger partial charge in [0.15, 0.2) is 0 Å². The number of fused-ring (bicyclic) bond motifs is 1. The molecule has 8 heteroatoms. The van der Waals surface area contributed by atoms with Crippen molar-refractivity contribution in [2.24, 2.45) is 5.92 Å². The quantitative estimate of drug-likeness (QED) is 0.774. The number of likely N-dealkylation sites (tertiary alicyclic amines) is 1. The molecule has 6 nitrogen and oxygen atoms in total. The van der Waals surface area contributed by atoms with Crippen molar-refractivity contribution in [2.45, 2.75) is 6.43 Å². The minimum Gasteiger partial charge on any atom is -0.329 e. The summed E-state index contributed by atoms with van der Waals surface area (Å²) in [5.41, 5.74) is 0.349. The van der Waals surface area contributed by atoms with Gasteiger partial charge >= 0.3 is 5.97 Å². The highest BCUT2D eigenvalue weighted by molar-refractivity contribution is 6.20. The zero-order valence-electron chi connectivity index (χ0n) is 11.4. The number of carbonyl (C=O) groups is 3. The molecule has 1 aromatic carbocycles. The van der Waals surface area contributed by atoms with Gasteiger partial charge in [-0.05, 0) is 12.1 Å². The Morgan fingerprint density at radius 2 is 1.73 bits per heavy atom. The third-order valence-electron chi connectivity index (χ3n) is 3.62. The van der Waals surface area contributed by atoms with Gasteiger partial charge < -0.3 is 4.84 Å². The second-order valence-corrected chi connectivity index (χ2v) is 5.17. The van der Waals surface area contributed by atoms with Gasteiger partial charge in [0, 0.05) is 13.1 Å². The maximum Gasteiger partial charge on any atom is 0.338 e. The van der Waals surface area contributed by atoms with Gasteiger partial charge in [-0.1, -0.05) is 17.2 Å². The average molecular weight is 310 g/mol. The third kappa shape index (κ3) is 2.45. The molecule has 0 atom stereocenters. The summed E-state index contributed by atoms with van der Waals surface area (Å²) in [6.45, 7) is -0.143. The fourth-order valence-electron chi connectivity index (χ4n) is 2.48. The standard InChI is InChI=1S/C14H12F2N2O4/c15-11(16)7-17-5-8(6-17)14(21)22-18-12(19)9-3-1-2-4-10(9)13(18)20/h1-4,8,11H,5-7H2. The highest BCUT2D eigenvalue weighted by Gasteiger charge is 2.42. The number of halogens is 2. The zero-order valence-corrected chi connectivity index (χ0v) is 11.4. The summed E-state index contributed by atoms with van der Waals surface area (Å²) >= 11 is 0. The molecule has 0 saturated carbocycles. The number of imide groups is 1. The van der Waals surface area contributed by atoms with Crippen LogP contribution >= 0.6 is 0 Å². The van der Waals surface area contributed by atoms with Crippen molar-refractivity contribution in [1.29, 1.82) is 0 Å². The van der Waals surface area contributed by atoms with Gasteiger partial charge in [0.25, 0.3) is 18.2 Å². The van der Waals surface area contributed by atoms with E-state index in [-0.39, 0.29) is 24.2 Å². The van der Waals surface area contributed by atoms with Gasteiger partial charge in [0.1, 0.15) is 0 Å². The lowest BCUT2D eigenvalue weighted by molar-refractivity contribution is -0.180. The van der Waals surface area contributed by atoms with E-state index in [1.165, 1.54) is 17.0 Å². The van der Waals surface area contributed by atoms with Gasteiger partial charge in [0.2, 0.25) is 0 Å². The molecule has 2 heterocycles. The highest BCUT2D eigenvalue weighted by atomic mass is 19.3. The molecule has 1 saturated heterocycles. The molecule has 0 aromatic heterocycles. The molecule has 0 N–H and O–H groups in total. The number of hydroxylamine groups is 2. The maximum atomic E-state index is 12.2. The van der Waals surface area contributed by atoms with E-state index in [2.05, 4.69) is 0 Å². The number of rotatable bonds is 4. The highest BCUT2D eigenvalue weighted by Crippen LogP contribution is 2.25. The zero-order chi connectivity index (χ0) is 15.9. The van der Waals surface area contributed by atoms with E-state index in [4.69, 9.17) is 4.84 Å². The molecule has 22 heavy (non-hydrogen) atoms. The SMILES string of the molecule is O=C(ON1C(=O)c2ccccc2C1=O)C1CN(CC(F)F)C1. The molecule has 1 fully saturated rings. The van der Waals surface area contributed by atoms with Crippen LogP contribution in [0.1, 0.15) is 20.7 Å². The molecule has 1 aromatic rings. The predicted molar refractivity (Wildman–Crippen MR) is 69.0 cm³/mol. The van der Waals surface area contributed by atoms with Crippen LogP contribution in [-0.2, 0) is 9.63 Å². The Kier molecular flexibility index (Phi) is 3.61. The van der Waals surface area contributed by atoms with Gasteiger partial charge in [0.05, 0.1) is 23.6 Å². The van der Waals surface area contributed by atoms with Gasteiger partial charge in [-0.25, -0.2) is 13.6 Å². The van der Waals surface area contributed by atoms with Crippen LogP contribution in [-0.4, -0.2) is 53.8 Å². The molecule has 2 aliphatic rings. The number of hydrogen-bond acceptors (Lipinski definition) is 5. The van der Waals surface area contributed by atoms with Gasteiger partial charge in [-0.3, -0.25) is 14.5 Å². The first-order chi connectivity index (χ1) is 10.5. The number of alkyl halides is 2. The number of amides is 2. The van der Waals surface area contributed by atoms with Gasteiger partial charge in [-0.15, -0.1) is 0 Å². The average Bonchev–Trinajstić information content (AvgIpc) is 2.68. The molecule has 0 spiro atoms. The summed E-state index contributed by atoms with van der Waals surface area (Å²) in [5.74, 6) is -2.77. The Hall–Kier alpha value is -2.35. The number of carbonyl (C=O) groups excluding carboxylic acids is 3. The summed E-state index contributed by atoms with van der Waals surface area (Å²) in [5, 5.41) is 0.433. The van der Waals surface area contributed by atoms with E-state index in [1.54, 1.807) is 12.1 Å². The lowest BCUT2D eigenvalue weighted by Crippen LogP contribution is -2.53. The van der Waals surface area contributed by atoms with Crippen molar-refractivity contribution >= 4 is 17.8 Å². The van der Waals surface area contributed by atoms with Crippen LogP contribution in [0.4, 0.5) is 8.78 Å². The molecule has 2 amide bonds. The topological polar surface area (TPSA) is 66.9 Å². The van der Waals surface area contributed by atoms with Crippen molar-refractivity contribution in [3.05, 3.63) is 35.4 Å². The molecular formula is C14H12F2N2O4.